The first-order chi connectivity index (χ1) is 12.4. The standard InChI is InChI=1S/C19H20F3NO3/c1-3-25-12-14-11-13(9-10-17(14)26-4-2)18(24)23-16-8-6-5-7-15(16)19(20,21)22/h5-11H,3-4,12H2,1-2H3,(H,23,24). The number of hydrogen-bond acceptors (Lipinski definition) is 3. The minimum Gasteiger partial charge on any atom is -0.494 e. The van der Waals surface area contributed by atoms with Crippen LogP contribution in [0.25, 0.3) is 0 Å². The predicted octanol–water partition coefficient (Wildman–Crippen LogP) is 4.89. The van der Waals surface area contributed by atoms with E-state index in [1.807, 2.05) is 13.8 Å². The van der Waals surface area contributed by atoms with Gasteiger partial charge in [0.15, 0.2) is 0 Å². The number of amides is 1. The summed E-state index contributed by atoms with van der Waals surface area (Å²) >= 11 is 0. The van der Waals surface area contributed by atoms with Crippen LogP contribution in [0.1, 0.15) is 35.3 Å². The molecule has 0 atom stereocenters. The van der Waals surface area contributed by atoms with Crippen LogP contribution in [0.5, 0.6) is 5.75 Å². The predicted molar refractivity (Wildman–Crippen MR) is 92.3 cm³/mol. The van der Waals surface area contributed by atoms with Gasteiger partial charge in [-0.3, -0.25) is 4.79 Å². The Morgan fingerprint density at radius 3 is 2.46 bits per heavy atom. The van der Waals surface area contributed by atoms with Crippen molar-refractivity contribution in [3.8, 4) is 5.75 Å². The van der Waals surface area contributed by atoms with Gasteiger partial charge in [0, 0.05) is 17.7 Å². The minimum absolute atomic E-state index is 0.222. The van der Waals surface area contributed by atoms with Crippen LogP contribution in [0.15, 0.2) is 42.5 Å². The number of hydrogen-bond donors (Lipinski definition) is 1. The van der Waals surface area contributed by atoms with Crippen molar-refractivity contribution in [2.75, 3.05) is 18.5 Å². The topological polar surface area (TPSA) is 47.6 Å². The molecule has 2 aromatic rings. The van der Waals surface area contributed by atoms with E-state index in [2.05, 4.69) is 5.32 Å². The fourth-order valence-corrected chi connectivity index (χ4v) is 2.38. The number of anilines is 1. The molecule has 140 valence electrons. The Morgan fingerprint density at radius 1 is 1.08 bits per heavy atom. The molecule has 2 aromatic carbocycles. The van der Waals surface area contributed by atoms with Gasteiger partial charge in [0.25, 0.3) is 5.91 Å². The third-order valence-corrected chi connectivity index (χ3v) is 3.56. The second-order valence-corrected chi connectivity index (χ2v) is 5.39. The second kappa shape index (κ2) is 8.71. The zero-order valence-electron chi connectivity index (χ0n) is 14.5. The Morgan fingerprint density at radius 2 is 1.81 bits per heavy atom. The van der Waals surface area contributed by atoms with Gasteiger partial charge in [-0.15, -0.1) is 0 Å². The van der Waals surface area contributed by atoms with Gasteiger partial charge in [-0.05, 0) is 44.2 Å². The number of carbonyl (C=O) groups is 1. The minimum atomic E-state index is -4.55. The normalized spacial score (nSPS) is 11.3. The smallest absolute Gasteiger partial charge is 0.418 e. The highest BCUT2D eigenvalue weighted by Gasteiger charge is 2.33. The molecule has 0 unspecified atom stereocenters. The van der Waals surface area contributed by atoms with Crippen LogP contribution in [-0.4, -0.2) is 19.1 Å². The van der Waals surface area contributed by atoms with E-state index >= 15 is 0 Å². The molecule has 0 spiro atoms. The van der Waals surface area contributed by atoms with Crippen molar-refractivity contribution in [1.82, 2.24) is 0 Å². The number of nitrogens with one attached hydrogen (secondary N) is 1. The molecule has 2 rings (SSSR count). The summed E-state index contributed by atoms with van der Waals surface area (Å²) < 4.78 is 50.0. The summed E-state index contributed by atoms with van der Waals surface area (Å²) in [6.45, 7) is 4.85. The number of ether oxygens (including phenoxy) is 2. The highest BCUT2D eigenvalue weighted by molar-refractivity contribution is 6.04. The molecule has 0 saturated carbocycles. The van der Waals surface area contributed by atoms with Crippen LogP contribution in [0.2, 0.25) is 0 Å². The number of halogens is 3. The molecular formula is C19H20F3NO3. The van der Waals surface area contributed by atoms with E-state index < -0.39 is 17.6 Å². The first kappa shape index (κ1) is 19.8. The largest absolute Gasteiger partial charge is 0.494 e. The lowest BCUT2D eigenvalue weighted by atomic mass is 10.1. The summed E-state index contributed by atoms with van der Waals surface area (Å²) in [7, 11) is 0. The van der Waals surface area contributed by atoms with E-state index in [9.17, 15) is 18.0 Å². The van der Waals surface area contributed by atoms with Crippen LogP contribution >= 0.6 is 0 Å². The Hall–Kier alpha value is -2.54. The van der Waals surface area contributed by atoms with Gasteiger partial charge >= 0.3 is 6.18 Å². The molecular weight excluding hydrogens is 347 g/mol. The van der Waals surface area contributed by atoms with E-state index in [1.165, 1.54) is 24.3 Å². The first-order valence-corrected chi connectivity index (χ1v) is 8.17. The molecule has 0 aliphatic carbocycles. The van der Waals surface area contributed by atoms with Crippen LogP contribution < -0.4 is 10.1 Å². The molecule has 1 N–H and O–H groups in total. The van der Waals surface area contributed by atoms with Gasteiger partial charge in [0.1, 0.15) is 5.75 Å². The Kier molecular flexibility index (Phi) is 6.63. The van der Waals surface area contributed by atoms with E-state index in [-0.39, 0.29) is 17.9 Å². The van der Waals surface area contributed by atoms with Crippen molar-refractivity contribution in [2.24, 2.45) is 0 Å². The van der Waals surface area contributed by atoms with Gasteiger partial charge < -0.3 is 14.8 Å². The van der Waals surface area contributed by atoms with Crippen LogP contribution in [-0.2, 0) is 17.5 Å². The Balaban J connectivity index is 2.27. The van der Waals surface area contributed by atoms with Gasteiger partial charge in [-0.1, -0.05) is 12.1 Å². The lowest BCUT2D eigenvalue weighted by Gasteiger charge is -2.15. The Bertz CT molecular complexity index is 760. The number of benzene rings is 2. The molecule has 0 saturated heterocycles. The average molecular weight is 367 g/mol. The van der Waals surface area contributed by atoms with E-state index in [0.29, 0.717) is 24.5 Å². The lowest BCUT2D eigenvalue weighted by Crippen LogP contribution is -2.17. The zero-order chi connectivity index (χ0) is 19.2. The first-order valence-electron chi connectivity index (χ1n) is 8.17. The third kappa shape index (κ3) is 4.98. The molecule has 0 aliphatic heterocycles. The Labute approximate surface area is 149 Å². The molecule has 0 radical (unpaired) electrons. The summed E-state index contributed by atoms with van der Waals surface area (Å²) in [5.74, 6) is -0.0595. The quantitative estimate of drug-likeness (QED) is 0.758. The molecule has 4 nitrogen and oxygen atoms in total. The van der Waals surface area contributed by atoms with Crippen molar-refractivity contribution >= 4 is 11.6 Å². The number of alkyl halides is 3. The average Bonchev–Trinajstić information content (AvgIpc) is 2.60. The van der Waals surface area contributed by atoms with Gasteiger partial charge in [0.2, 0.25) is 0 Å². The maximum atomic E-state index is 13.1. The zero-order valence-corrected chi connectivity index (χ0v) is 14.5. The van der Waals surface area contributed by atoms with Gasteiger partial charge in [-0.25, -0.2) is 0 Å². The molecule has 1 amide bonds. The number of carbonyl (C=O) groups excluding carboxylic acids is 1. The maximum absolute atomic E-state index is 13.1. The molecule has 26 heavy (non-hydrogen) atoms. The SMILES string of the molecule is CCOCc1cc(C(=O)Nc2ccccc2C(F)(F)F)ccc1OCC. The molecule has 0 aromatic heterocycles. The molecule has 0 bridgehead atoms. The van der Waals surface area contributed by atoms with Crippen molar-refractivity contribution < 1.29 is 27.4 Å². The maximum Gasteiger partial charge on any atom is 0.418 e. The van der Waals surface area contributed by atoms with E-state index in [0.717, 1.165) is 6.07 Å². The van der Waals surface area contributed by atoms with Crippen LogP contribution in [0.3, 0.4) is 0 Å². The van der Waals surface area contributed by atoms with Gasteiger partial charge in [0.05, 0.1) is 24.5 Å². The third-order valence-electron chi connectivity index (χ3n) is 3.56. The number of rotatable bonds is 7. The number of para-hydroxylation sites is 1. The summed E-state index contributed by atoms with van der Waals surface area (Å²) in [4.78, 5) is 12.4. The fraction of sp³-hybridized carbons (Fsp3) is 0.316. The second-order valence-electron chi connectivity index (χ2n) is 5.39. The highest BCUT2D eigenvalue weighted by Crippen LogP contribution is 2.34. The molecule has 0 heterocycles. The van der Waals surface area contributed by atoms with Crippen molar-refractivity contribution in [3.05, 3.63) is 59.2 Å². The summed E-state index contributed by atoms with van der Waals surface area (Å²) in [6, 6.07) is 9.53. The lowest BCUT2D eigenvalue weighted by molar-refractivity contribution is -0.136. The van der Waals surface area contributed by atoms with Gasteiger partial charge in [-0.2, -0.15) is 13.2 Å². The van der Waals surface area contributed by atoms with Crippen molar-refractivity contribution in [1.29, 1.82) is 0 Å². The summed E-state index contributed by atoms with van der Waals surface area (Å²) in [5.41, 5.74) is -0.301. The van der Waals surface area contributed by atoms with E-state index in [4.69, 9.17) is 9.47 Å². The monoisotopic (exact) mass is 367 g/mol. The fourth-order valence-electron chi connectivity index (χ4n) is 2.38. The summed E-state index contributed by atoms with van der Waals surface area (Å²) in [5, 5.41) is 2.33. The highest BCUT2D eigenvalue weighted by atomic mass is 19.4. The van der Waals surface area contributed by atoms with E-state index in [1.54, 1.807) is 12.1 Å². The molecule has 7 heteroatoms. The molecule has 0 fully saturated rings. The van der Waals surface area contributed by atoms with Crippen molar-refractivity contribution in [2.45, 2.75) is 26.6 Å². The summed E-state index contributed by atoms with van der Waals surface area (Å²) in [6.07, 6.45) is -4.55. The van der Waals surface area contributed by atoms with Crippen LogP contribution in [0.4, 0.5) is 18.9 Å². The van der Waals surface area contributed by atoms with Crippen LogP contribution in [0, 0.1) is 0 Å². The van der Waals surface area contributed by atoms with Crippen molar-refractivity contribution in [3.63, 3.8) is 0 Å². The molecule has 0 aliphatic rings.